The second-order valence-corrected chi connectivity index (χ2v) is 9.20. The maximum absolute atomic E-state index is 15.4. The van der Waals surface area contributed by atoms with Gasteiger partial charge in [0.1, 0.15) is 17.6 Å². The number of aromatic hydroxyl groups is 1. The molecule has 0 aliphatic carbocycles. The smallest absolute Gasteiger partial charge is 0.245 e. The molecule has 2 N–H and O–H groups in total. The third-order valence-electron chi connectivity index (χ3n) is 6.81. The molecule has 0 saturated carbocycles. The molecule has 0 unspecified atom stereocenters. The van der Waals surface area contributed by atoms with Crippen LogP contribution < -0.4 is 10.2 Å². The second kappa shape index (κ2) is 6.98. The number of phenols is 1. The molecule has 2 fully saturated rings. The number of hydrogen-bond acceptors (Lipinski definition) is 7. The van der Waals surface area contributed by atoms with Crippen LogP contribution in [0.1, 0.15) is 33.1 Å². The first kappa shape index (κ1) is 19.9. The van der Waals surface area contributed by atoms with E-state index in [2.05, 4.69) is 32.4 Å². The maximum Gasteiger partial charge on any atom is 0.245 e. The summed E-state index contributed by atoms with van der Waals surface area (Å²) in [5, 5.41) is 22.5. The van der Waals surface area contributed by atoms with Crippen molar-refractivity contribution in [3.8, 4) is 22.7 Å². The normalized spacial score (nSPS) is 29.8. The van der Waals surface area contributed by atoms with Crippen molar-refractivity contribution in [3.05, 3.63) is 43.1 Å². The molecule has 162 valence electrons. The highest BCUT2D eigenvalue weighted by molar-refractivity contribution is 5.68. The number of aromatic nitrogens is 5. The molecule has 2 aliphatic heterocycles. The molecule has 0 amide bonds. The summed E-state index contributed by atoms with van der Waals surface area (Å²) in [6.07, 6.45) is 8.13. The topological polar surface area (TPSA) is 92.0 Å². The van der Waals surface area contributed by atoms with Gasteiger partial charge in [-0.1, -0.05) is 0 Å². The van der Waals surface area contributed by atoms with Crippen molar-refractivity contribution in [2.45, 2.75) is 56.4 Å². The summed E-state index contributed by atoms with van der Waals surface area (Å²) >= 11 is 0. The summed E-state index contributed by atoms with van der Waals surface area (Å²) in [4.78, 5) is 10.2. The summed E-state index contributed by atoms with van der Waals surface area (Å²) in [5.41, 5.74) is 1.16. The van der Waals surface area contributed by atoms with Crippen LogP contribution in [0.15, 0.2) is 43.1 Å². The van der Waals surface area contributed by atoms with Gasteiger partial charge in [-0.2, -0.15) is 0 Å². The maximum atomic E-state index is 15.4. The van der Waals surface area contributed by atoms with Crippen LogP contribution in [0, 0.1) is 0 Å². The van der Waals surface area contributed by atoms with Gasteiger partial charge in [-0.3, -0.25) is 0 Å². The highest BCUT2D eigenvalue weighted by Gasteiger charge is 2.56. The Morgan fingerprint density at radius 3 is 2.77 bits per heavy atom. The van der Waals surface area contributed by atoms with Crippen molar-refractivity contribution in [3.63, 3.8) is 0 Å². The highest BCUT2D eigenvalue weighted by Crippen LogP contribution is 2.45. The third kappa shape index (κ3) is 3.33. The summed E-state index contributed by atoms with van der Waals surface area (Å²) in [6, 6.07) is 4.94. The van der Waals surface area contributed by atoms with Crippen molar-refractivity contribution in [2.24, 2.45) is 0 Å². The van der Waals surface area contributed by atoms with Crippen LogP contribution in [0.4, 0.5) is 10.3 Å². The number of anilines is 1. The molecule has 1 aromatic carbocycles. The number of fused-ring (bicyclic) bond motifs is 2. The molecule has 8 nitrogen and oxygen atoms in total. The Kier molecular flexibility index (Phi) is 4.47. The fourth-order valence-electron chi connectivity index (χ4n) is 5.04. The zero-order valence-corrected chi connectivity index (χ0v) is 17.8. The van der Waals surface area contributed by atoms with E-state index in [0.29, 0.717) is 23.6 Å². The molecular formula is C22H26FN7O. The van der Waals surface area contributed by atoms with Crippen LogP contribution >= 0.6 is 0 Å². The van der Waals surface area contributed by atoms with E-state index in [9.17, 15) is 5.11 Å². The van der Waals surface area contributed by atoms with E-state index < -0.39 is 11.7 Å². The van der Waals surface area contributed by atoms with Crippen molar-refractivity contribution >= 4 is 5.95 Å². The number of halogens is 1. The van der Waals surface area contributed by atoms with Crippen LogP contribution in [0.5, 0.6) is 5.75 Å². The molecule has 0 spiro atoms. The lowest BCUT2D eigenvalue weighted by atomic mass is 9.82. The lowest BCUT2D eigenvalue weighted by Crippen LogP contribution is -2.65. The largest absolute Gasteiger partial charge is 0.507 e. The van der Waals surface area contributed by atoms with E-state index in [4.69, 9.17) is 0 Å². The number of nitrogens with one attached hydrogen (secondary N) is 1. The molecule has 9 heteroatoms. The molecule has 31 heavy (non-hydrogen) atoms. The van der Waals surface area contributed by atoms with Crippen LogP contribution in [0.2, 0.25) is 0 Å². The number of imidazole rings is 1. The Morgan fingerprint density at radius 2 is 2.10 bits per heavy atom. The van der Waals surface area contributed by atoms with Crippen molar-refractivity contribution in [1.29, 1.82) is 0 Å². The number of hydrogen-bond donors (Lipinski definition) is 2. The van der Waals surface area contributed by atoms with Gasteiger partial charge in [0.15, 0.2) is 0 Å². The fourth-order valence-corrected chi connectivity index (χ4v) is 5.04. The molecule has 3 aromatic rings. The predicted octanol–water partition coefficient (Wildman–Crippen LogP) is 2.88. The molecule has 2 saturated heterocycles. The number of piperidine rings is 1. The Balaban J connectivity index is 1.38. The van der Waals surface area contributed by atoms with Crippen LogP contribution in [0.25, 0.3) is 16.9 Å². The first-order valence-electron chi connectivity index (χ1n) is 10.5. The first-order valence-corrected chi connectivity index (χ1v) is 10.5. The van der Waals surface area contributed by atoms with E-state index in [1.54, 1.807) is 46.5 Å². The average molecular weight is 423 g/mol. The SMILES string of the molecule is CN(c1ncc(-c2ccc(-n3ccnc3)cc2O)nn1)[C@H]1C[C@]2(C)CC[C@@](C)(N2)[C@H]1F. The van der Waals surface area contributed by atoms with Gasteiger partial charge < -0.3 is 19.9 Å². The van der Waals surface area contributed by atoms with Gasteiger partial charge in [-0.25, -0.2) is 14.4 Å². The van der Waals surface area contributed by atoms with Gasteiger partial charge in [0.05, 0.1) is 24.3 Å². The van der Waals surface area contributed by atoms with E-state index in [1.165, 1.54) is 0 Å². The fraction of sp³-hybridized carbons (Fsp3) is 0.455. The number of nitrogens with zero attached hydrogens (tertiary/aromatic N) is 6. The summed E-state index contributed by atoms with van der Waals surface area (Å²) < 4.78 is 17.2. The lowest BCUT2D eigenvalue weighted by molar-refractivity contribution is 0.0856. The lowest BCUT2D eigenvalue weighted by Gasteiger charge is -2.47. The monoisotopic (exact) mass is 423 g/mol. The van der Waals surface area contributed by atoms with Gasteiger partial charge >= 0.3 is 0 Å². The van der Waals surface area contributed by atoms with Crippen LogP contribution in [0.3, 0.4) is 0 Å². The molecule has 4 atom stereocenters. The Morgan fingerprint density at radius 1 is 1.26 bits per heavy atom. The molecule has 2 bridgehead atoms. The van der Waals surface area contributed by atoms with E-state index in [1.807, 2.05) is 20.0 Å². The summed E-state index contributed by atoms with van der Waals surface area (Å²) in [5.74, 6) is 0.447. The number of benzene rings is 1. The Hall–Kier alpha value is -3.07. The van der Waals surface area contributed by atoms with E-state index in [-0.39, 0.29) is 17.3 Å². The number of alkyl halides is 1. The van der Waals surface area contributed by atoms with Gasteiger partial charge in [0.2, 0.25) is 5.95 Å². The van der Waals surface area contributed by atoms with Crippen molar-refractivity contribution in [1.82, 2.24) is 30.0 Å². The zero-order chi connectivity index (χ0) is 21.8. The van der Waals surface area contributed by atoms with Gasteiger partial charge in [-0.05, 0) is 45.2 Å². The van der Waals surface area contributed by atoms with Crippen LogP contribution in [-0.2, 0) is 0 Å². The van der Waals surface area contributed by atoms with Gasteiger partial charge in [0, 0.05) is 42.1 Å². The minimum Gasteiger partial charge on any atom is -0.507 e. The Labute approximate surface area is 180 Å². The number of rotatable bonds is 4. The predicted molar refractivity (Wildman–Crippen MR) is 115 cm³/mol. The summed E-state index contributed by atoms with van der Waals surface area (Å²) in [6.45, 7) is 4.12. The van der Waals surface area contributed by atoms with E-state index in [0.717, 1.165) is 18.5 Å². The molecule has 2 aromatic heterocycles. The van der Waals surface area contributed by atoms with Crippen molar-refractivity contribution < 1.29 is 9.50 Å². The Bertz CT molecular complexity index is 1090. The summed E-state index contributed by atoms with van der Waals surface area (Å²) in [7, 11) is 1.82. The quantitative estimate of drug-likeness (QED) is 0.667. The molecule has 5 rings (SSSR count). The molecular weight excluding hydrogens is 397 g/mol. The minimum absolute atomic E-state index is 0.0722. The first-order chi connectivity index (χ1) is 14.8. The van der Waals surface area contributed by atoms with E-state index >= 15 is 4.39 Å². The zero-order valence-electron chi connectivity index (χ0n) is 17.8. The standard InChI is InChI=1S/C22H26FN7O/c1-21-6-7-22(2,28-21)19(23)17(11-21)29(3)20-25-12-16(26-27-20)15-5-4-14(10-18(15)31)30-9-8-24-13-30/h4-5,8-10,12-13,17,19,28,31H,6-7,11H2,1-3H3/t17-,19-,21-,22+/m0/s1. The second-order valence-electron chi connectivity index (χ2n) is 9.20. The average Bonchev–Trinajstić information content (AvgIpc) is 3.38. The minimum atomic E-state index is -1.03. The third-order valence-corrected chi connectivity index (χ3v) is 6.81. The molecule has 4 heterocycles. The molecule has 0 radical (unpaired) electrons. The number of phenolic OH excluding ortho intramolecular Hbond substituents is 1. The van der Waals surface area contributed by atoms with Gasteiger partial charge in [-0.15, -0.1) is 10.2 Å². The highest BCUT2D eigenvalue weighted by atomic mass is 19.1. The van der Waals surface area contributed by atoms with Gasteiger partial charge in [0.25, 0.3) is 0 Å². The van der Waals surface area contributed by atoms with Crippen molar-refractivity contribution in [2.75, 3.05) is 11.9 Å². The van der Waals surface area contributed by atoms with Crippen LogP contribution in [-0.4, -0.2) is 60.2 Å². The molecule has 2 aliphatic rings.